The van der Waals surface area contributed by atoms with Gasteiger partial charge in [-0.2, -0.15) is 0 Å². The van der Waals surface area contributed by atoms with Crippen LogP contribution >= 0.6 is 23.2 Å². The van der Waals surface area contributed by atoms with Crippen molar-refractivity contribution in [1.82, 2.24) is 15.3 Å². The van der Waals surface area contributed by atoms with Gasteiger partial charge in [0, 0.05) is 40.5 Å². The van der Waals surface area contributed by atoms with Gasteiger partial charge in [-0.3, -0.25) is 0 Å². The Kier molecular flexibility index (Phi) is 4.58. The zero-order valence-electron chi connectivity index (χ0n) is 11.3. The first kappa shape index (κ1) is 14.6. The number of ether oxygens (including phenoxy) is 1. The number of hydrogen-bond donors (Lipinski definition) is 1. The Morgan fingerprint density at radius 1 is 1.14 bits per heavy atom. The molecule has 1 aliphatic heterocycles. The molecule has 0 amide bonds. The van der Waals surface area contributed by atoms with Crippen molar-refractivity contribution >= 4 is 23.2 Å². The Labute approximate surface area is 133 Å². The van der Waals surface area contributed by atoms with Crippen LogP contribution in [-0.2, 0) is 0 Å². The van der Waals surface area contributed by atoms with Crippen LogP contribution in [0.15, 0.2) is 36.9 Å². The average Bonchev–Trinajstić information content (AvgIpc) is 2.98. The summed E-state index contributed by atoms with van der Waals surface area (Å²) in [5, 5.41) is 4.48. The number of hydrogen-bond acceptors (Lipinski definition) is 4. The van der Waals surface area contributed by atoms with E-state index in [-0.39, 0.29) is 6.10 Å². The quantitative estimate of drug-likeness (QED) is 0.935. The first-order valence-electron chi connectivity index (χ1n) is 6.81. The number of rotatable bonds is 4. The van der Waals surface area contributed by atoms with Crippen molar-refractivity contribution in [3.63, 3.8) is 0 Å². The summed E-state index contributed by atoms with van der Waals surface area (Å²) in [6, 6.07) is 5.23. The monoisotopic (exact) mass is 323 g/mol. The lowest BCUT2D eigenvalue weighted by Crippen LogP contribution is -2.21. The summed E-state index contributed by atoms with van der Waals surface area (Å²) in [5.41, 5.74) is 0.960. The second-order valence-electron chi connectivity index (χ2n) is 5.07. The molecule has 3 rings (SSSR count). The minimum absolute atomic E-state index is 0.115. The Morgan fingerprint density at radius 2 is 1.86 bits per heavy atom. The Morgan fingerprint density at radius 3 is 2.48 bits per heavy atom. The molecule has 110 valence electrons. The lowest BCUT2D eigenvalue weighted by atomic mass is 9.96. The summed E-state index contributed by atoms with van der Waals surface area (Å²) in [7, 11) is 0. The lowest BCUT2D eigenvalue weighted by Gasteiger charge is -2.24. The second kappa shape index (κ2) is 6.60. The highest BCUT2D eigenvalue weighted by atomic mass is 35.5. The fourth-order valence-corrected chi connectivity index (χ4v) is 3.08. The van der Waals surface area contributed by atoms with E-state index in [1.165, 1.54) is 6.33 Å². The standard InChI is InChI=1S/C15H15Cl2N3O/c16-12-3-13(17)5-14(4-12)21-15(10-1-2-18-6-10)11-7-19-9-20-8-11/h3-5,7-10,15,18H,1-2,6H2/t10-,15?/m0/s1. The molecule has 0 saturated carbocycles. The molecule has 1 saturated heterocycles. The third kappa shape index (κ3) is 3.64. The van der Waals surface area contributed by atoms with Gasteiger partial charge in [0.25, 0.3) is 0 Å². The predicted octanol–water partition coefficient (Wildman–Crippen LogP) is 3.51. The molecule has 1 fully saturated rings. The summed E-state index contributed by atoms with van der Waals surface area (Å²) in [5.74, 6) is 1.03. The molecule has 1 aliphatic rings. The van der Waals surface area contributed by atoms with E-state index in [1.807, 2.05) is 0 Å². The van der Waals surface area contributed by atoms with Crippen LogP contribution in [0.2, 0.25) is 10.0 Å². The molecule has 1 unspecified atom stereocenters. The number of halogens is 2. The molecule has 2 aromatic rings. The minimum Gasteiger partial charge on any atom is -0.485 e. The van der Waals surface area contributed by atoms with Gasteiger partial charge in [-0.25, -0.2) is 9.97 Å². The van der Waals surface area contributed by atoms with E-state index in [9.17, 15) is 0 Å². The SMILES string of the molecule is Clc1cc(Cl)cc(OC(c2cncnc2)[C@H]2CCNC2)c1. The molecule has 1 aromatic carbocycles. The second-order valence-corrected chi connectivity index (χ2v) is 5.94. The molecule has 1 N–H and O–H groups in total. The van der Waals surface area contributed by atoms with E-state index < -0.39 is 0 Å². The van der Waals surface area contributed by atoms with Gasteiger partial charge in [0.15, 0.2) is 0 Å². The van der Waals surface area contributed by atoms with Crippen molar-refractivity contribution in [3.05, 3.63) is 52.5 Å². The number of aromatic nitrogens is 2. The molecule has 2 atom stereocenters. The zero-order valence-corrected chi connectivity index (χ0v) is 12.8. The molecule has 6 heteroatoms. The predicted molar refractivity (Wildman–Crippen MR) is 82.8 cm³/mol. The van der Waals surface area contributed by atoms with Crippen molar-refractivity contribution in [2.24, 2.45) is 5.92 Å². The molecule has 0 bridgehead atoms. The van der Waals surface area contributed by atoms with Crippen LogP contribution in [-0.4, -0.2) is 23.1 Å². The summed E-state index contributed by atoms with van der Waals surface area (Å²) >= 11 is 12.1. The molecule has 0 radical (unpaired) electrons. The topological polar surface area (TPSA) is 47.0 Å². The highest BCUT2D eigenvalue weighted by Crippen LogP contribution is 2.33. The molecule has 0 aliphatic carbocycles. The normalized spacial score (nSPS) is 19.4. The van der Waals surface area contributed by atoms with Crippen molar-refractivity contribution in [1.29, 1.82) is 0 Å². The Balaban J connectivity index is 1.88. The van der Waals surface area contributed by atoms with Crippen LogP contribution in [0, 0.1) is 5.92 Å². The van der Waals surface area contributed by atoms with Crippen LogP contribution in [0.1, 0.15) is 18.1 Å². The van der Waals surface area contributed by atoms with Crippen LogP contribution in [0.5, 0.6) is 5.75 Å². The average molecular weight is 324 g/mol. The molecule has 4 nitrogen and oxygen atoms in total. The molecular formula is C15H15Cl2N3O. The number of nitrogens with one attached hydrogen (secondary N) is 1. The summed E-state index contributed by atoms with van der Waals surface area (Å²) in [6.45, 7) is 1.91. The molecular weight excluding hydrogens is 309 g/mol. The van der Waals surface area contributed by atoms with Gasteiger partial charge in [0.2, 0.25) is 0 Å². The van der Waals surface area contributed by atoms with Crippen LogP contribution < -0.4 is 10.1 Å². The Bertz CT molecular complexity index is 583. The Hall–Kier alpha value is -1.36. The minimum atomic E-state index is -0.115. The van der Waals surface area contributed by atoms with Crippen molar-refractivity contribution in [3.8, 4) is 5.75 Å². The van der Waals surface area contributed by atoms with E-state index >= 15 is 0 Å². The van der Waals surface area contributed by atoms with E-state index in [4.69, 9.17) is 27.9 Å². The molecule has 1 aromatic heterocycles. The van der Waals surface area contributed by atoms with Gasteiger partial charge in [-0.05, 0) is 31.2 Å². The van der Waals surface area contributed by atoms with E-state index in [0.717, 1.165) is 25.1 Å². The van der Waals surface area contributed by atoms with Gasteiger partial charge >= 0.3 is 0 Å². The number of nitrogens with zero attached hydrogens (tertiary/aromatic N) is 2. The van der Waals surface area contributed by atoms with E-state index in [1.54, 1.807) is 30.6 Å². The maximum absolute atomic E-state index is 6.16. The van der Waals surface area contributed by atoms with Gasteiger partial charge < -0.3 is 10.1 Å². The third-order valence-corrected chi connectivity index (χ3v) is 3.97. The van der Waals surface area contributed by atoms with Gasteiger partial charge in [-0.1, -0.05) is 23.2 Å². The highest BCUT2D eigenvalue weighted by molar-refractivity contribution is 6.34. The van der Waals surface area contributed by atoms with Crippen LogP contribution in [0.4, 0.5) is 0 Å². The fraction of sp³-hybridized carbons (Fsp3) is 0.333. The zero-order chi connectivity index (χ0) is 14.7. The van der Waals surface area contributed by atoms with E-state index in [0.29, 0.717) is 21.7 Å². The number of benzene rings is 1. The fourth-order valence-electron chi connectivity index (χ4n) is 2.57. The van der Waals surface area contributed by atoms with E-state index in [2.05, 4.69) is 15.3 Å². The maximum atomic E-state index is 6.16. The highest BCUT2D eigenvalue weighted by Gasteiger charge is 2.28. The van der Waals surface area contributed by atoms with Gasteiger partial charge in [0.1, 0.15) is 18.2 Å². The summed E-state index contributed by atoms with van der Waals surface area (Å²) < 4.78 is 6.16. The van der Waals surface area contributed by atoms with Crippen LogP contribution in [0.3, 0.4) is 0 Å². The van der Waals surface area contributed by atoms with Crippen LogP contribution in [0.25, 0.3) is 0 Å². The van der Waals surface area contributed by atoms with Gasteiger partial charge in [0.05, 0.1) is 0 Å². The molecule has 0 spiro atoms. The first-order chi connectivity index (χ1) is 10.2. The summed E-state index contributed by atoms with van der Waals surface area (Å²) in [4.78, 5) is 8.18. The summed E-state index contributed by atoms with van der Waals surface area (Å²) in [6.07, 6.45) is 6.04. The molecule has 21 heavy (non-hydrogen) atoms. The van der Waals surface area contributed by atoms with Crippen molar-refractivity contribution in [2.45, 2.75) is 12.5 Å². The van der Waals surface area contributed by atoms with Crippen molar-refractivity contribution in [2.75, 3.05) is 13.1 Å². The lowest BCUT2D eigenvalue weighted by molar-refractivity contribution is 0.143. The maximum Gasteiger partial charge on any atom is 0.131 e. The third-order valence-electron chi connectivity index (χ3n) is 3.53. The molecule has 2 heterocycles. The smallest absolute Gasteiger partial charge is 0.131 e. The van der Waals surface area contributed by atoms with Gasteiger partial charge in [-0.15, -0.1) is 0 Å². The first-order valence-corrected chi connectivity index (χ1v) is 7.56. The van der Waals surface area contributed by atoms with Crippen molar-refractivity contribution < 1.29 is 4.74 Å². The largest absolute Gasteiger partial charge is 0.485 e.